The minimum atomic E-state index is -0.446. The second kappa shape index (κ2) is 6.15. The van der Waals surface area contributed by atoms with Gasteiger partial charge >= 0.3 is 0 Å². The highest BCUT2D eigenvalue weighted by Crippen LogP contribution is 2.37. The highest BCUT2D eigenvalue weighted by molar-refractivity contribution is 6.30. The lowest BCUT2D eigenvalue weighted by atomic mass is 10.1. The fraction of sp³-hybridized carbons (Fsp3) is 0.294. The molecule has 1 N–H and O–H groups in total. The van der Waals surface area contributed by atoms with Crippen LogP contribution in [0.25, 0.3) is 0 Å². The summed E-state index contributed by atoms with van der Waals surface area (Å²) in [4.78, 5) is 0. The molecule has 1 aliphatic rings. The van der Waals surface area contributed by atoms with Crippen molar-refractivity contribution in [3.8, 4) is 17.2 Å². The Balaban J connectivity index is 1.98. The summed E-state index contributed by atoms with van der Waals surface area (Å²) in [6, 6.07) is 6.71. The minimum absolute atomic E-state index is 0.0528. The number of hydrogen-bond acceptors (Lipinski definition) is 3. The topological polar surface area (TPSA) is 30.5 Å². The molecular weight excluding hydrogens is 305 g/mol. The molecule has 22 heavy (non-hydrogen) atoms. The molecule has 0 aliphatic carbocycles. The lowest BCUT2D eigenvalue weighted by Crippen LogP contribution is -2.07. The van der Waals surface area contributed by atoms with E-state index in [4.69, 9.17) is 21.1 Å². The molecule has 0 radical (unpaired) electrons. The number of benzene rings is 2. The van der Waals surface area contributed by atoms with Gasteiger partial charge in [-0.15, -0.1) is 0 Å². The van der Waals surface area contributed by atoms with Gasteiger partial charge in [0.1, 0.15) is 23.1 Å². The number of ether oxygens (including phenoxy) is 2. The molecule has 0 unspecified atom stereocenters. The van der Waals surface area contributed by atoms with Crippen LogP contribution >= 0.6 is 11.6 Å². The van der Waals surface area contributed by atoms with Crippen LogP contribution in [0.15, 0.2) is 24.3 Å². The van der Waals surface area contributed by atoms with Crippen LogP contribution in [-0.4, -0.2) is 13.7 Å². The third-order valence-corrected chi connectivity index (χ3v) is 4.10. The molecule has 0 bridgehead atoms. The molecule has 116 valence electrons. The zero-order valence-corrected chi connectivity index (χ0v) is 13.3. The van der Waals surface area contributed by atoms with Crippen LogP contribution in [0.3, 0.4) is 0 Å². The van der Waals surface area contributed by atoms with Crippen LogP contribution in [0.1, 0.15) is 16.7 Å². The SMILES string of the molecule is CNCc1cc(F)c(Cl)cc1Oc1ccc2c(c1C)CCO2. The van der Waals surface area contributed by atoms with Gasteiger partial charge in [-0.2, -0.15) is 0 Å². The number of nitrogens with one attached hydrogen (secondary N) is 1. The lowest BCUT2D eigenvalue weighted by Gasteiger charge is -2.15. The Kier molecular flexibility index (Phi) is 4.23. The van der Waals surface area contributed by atoms with Gasteiger partial charge in [0, 0.05) is 30.2 Å². The van der Waals surface area contributed by atoms with E-state index in [1.165, 1.54) is 17.7 Å². The van der Waals surface area contributed by atoms with E-state index >= 15 is 0 Å². The summed E-state index contributed by atoms with van der Waals surface area (Å²) < 4.78 is 25.2. The Bertz CT molecular complexity index is 718. The standard InChI is InChI=1S/C17H17ClFNO2/c1-10-12-5-6-21-16(12)4-3-15(10)22-17-8-13(18)14(19)7-11(17)9-20-2/h3-4,7-8,20H,5-6,9H2,1-2H3. The van der Waals surface area contributed by atoms with Crippen molar-refractivity contribution in [1.29, 1.82) is 0 Å². The Labute approximate surface area is 134 Å². The molecular formula is C17H17ClFNO2. The Hall–Kier alpha value is -1.78. The fourth-order valence-electron chi connectivity index (χ4n) is 2.64. The zero-order valence-electron chi connectivity index (χ0n) is 12.5. The molecule has 5 heteroatoms. The molecule has 0 fully saturated rings. The number of fused-ring (bicyclic) bond motifs is 1. The minimum Gasteiger partial charge on any atom is -0.493 e. The van der Waals surface area contributed by atoms with Crippen molar-refractivity contribution in [3.05, 3.63) is 51.8 Å². The van der Waals surface area contributed by atoms with Gasteiger partial charge in [-0.05, 0) is 37.7 Å². The van der Waals surface area contributed by atoms with Crippen molar-refractivity contribution >= 4 is 11.6 Å². The van der Waals surface area contributed by atoms with Gasteiger partial charge in [0.2, 0.25) is 0 Å². The molecule has 0 aromatic heterocycles. The second-order valence-electron chi connectivity index (χ2n) is 5.27. The summed E-state index contributed by atoms with van der Waals surface area (Å²) in [6.45, 7) is 3.20. The number of hydrogen-bond donors (Lipinski definition) is 1. The Morgan fingerprint density at radius 2 is 2.14 bits per heavy atom. The van der Waals surface area contributed by atoms with E-state index in [1.807, 2.05) is 19.1 Å². The van der Waals surface area contributed by atoms with Crippen LogP contribution in [0.4, 0.5) is 4.39 Å². The molecule has 2 aromatic carbocycles. The molecule has 3 rings (SSSR count). The summed E-state index contributed by atoms with van der Waals surface area (Å²) in [7, 11) is 1.80. The van der Waals surface area contributed by atoms with Gasteiger partial charge in [-0.3, -0.25) is 0 Å². The fourth-order valence-corrected chi connectivity index (χ4v) is 2.80. The quantitative estimate of drug-likeness (QED) is 0.914. The molecule has 3 nitrogen and oxygen atoms in total. The number of rotatable bonds is 4. The van der Waals surface area contributed by atoms with E-state index in [9.17, 15) is 4.39 Å². The average Bonchev–Trinajstić information content (AvgIpc) is 2.96. The molecule has 1 heterocycles. The summed E-state index contributed by atoms with van der Waals surface area (Å²) in [5.74, 6) is 1.77. The van der Waals surface area contributed by atoms with E-state index in [2.05, 4.69) is 5.32 Å². The lowest BCUT2D eigenvalue weighted by molar-refractivity contribution is 0.356. The molecule has 0 atom stereocenters. The van der Waals surface area contributed by atoms with E-state index in [-0.39, 0.29) is 5.02 Å². The van der Waals surface area contributed by atoms with Crippen LogP contribution in [-0.2, 0) is 13.0 Å². The van der Waals surface area contributed by atoms with Crippen LogP contribution < -0.4 is 14.8 Å². The summed E-state index contributed by atoms with van der Waals surface area (Å²) >= 11 is 5.89. The predicted octanol–water partition coefficient (Wildman–Crippen LogP) is 4.23. The molecule has 0 saturated carbocycles. The Morgan fingerprint density at radius 1 is 1.32 bits per heavy atom. The highest BCUT2D eigenvalue weighted by Gasteiger charge is 2.18. The summed E-state index contributed by atoms with van der Waals surface area (Å²) in [5, 5.41) is 3.06. The summed E-state index contributed by atoms with van der Waals surface area (Å²) in [6.07, 6.45) is 0.881. The normalized spacial score (nSPS) is 12.9. The first-order valence-electron chi connectivity index (χ1n) is 7.16. The smallest absolute Gasteiger partial charge is 0.142 e. The first kappa shape index (κ1) is 15.1. The molecule has 2 aromatic rings. The van der Waals surface area contributed by atoms with Gasteiger partial charge in [0.25, 0.3) is 0 Å². The van der Waals surface area contributed by atoms with Gasteiger partial charge in [0.05, 0.1) is 11.6 Å². The average molecular weight is 322 g/mol. The van der Waals surface area contributed by atoms with Crippen LogP contribution in [0.5, 0.6) is 17.2 Å². The third-order valence-electron chi connectivity index (χ3n) is 3.81. The summed E-state index contributed by atoms with van der Waals surface area (Å²) in [5.41, 5.74) is 2.94. The van der Waals surface area contributed by atoms with Crippen molar-refractivity contribution in [1.82, 2.24) is 5.32 Å². The van der Waals surface area contributed by atoms with Crippen molar-refractivity contribution < 1.29 is 13.9 Å². The van der Waals surface area contributed by atoms with E-state index in [0.29, 0.717) is 18.9 Å². The van der Waals surface area contributed by atoms with Crippen molar-refractivity contribution in [2.24, 2.45) is 0 Å². The first-order chi connectivity index (χ1) is 10.6. The van der Waals surface area contributed by atoms with E-state index < -0.39 is 5.82 Å². The molecule has 0 amide bonds. The number of halogens is 2. The van der Waals surface area contributed by atoms with Crippen molar-refractivity contribution in [3.63, 3.8) is 0 Å². The molecule has 1 aliphatic heterocycles. The zero-order chi connectivity index (χ0) is 15.7. The van der Waals surface area contributed by atoms with Crippen molar-refractivity contribution in [2.45, 2.75) is 19.9 Å². The maximum absolute atomic E-state index is 13.6. The largest absolute Gasteiger partial charge is 0.493 e. The second-order valence-corrected chi connectivity index (χ2v) is 5.68. The van der Waals surface area contributed by atoms with Gasteiger partial charge in [-0.25, -0.2) is 4.39 Å². The maximum Gasteiger partial charge on any atom is 0.142 e. The monoisotopic (exact) mass is 321 g/mol. The van der Waals surface area contributed by atoms with Gasteiger partial charge in [0.15, 0.2) is 0 Å². The molecule has 0 saturated heterocycles. The maximum atomic E-state index is 13.6. The third kappa shape index (κ3) is 2.76. The predicted molar refractivity (Wildman–Crippen MR) is 84.6 cm³/mol. The highest BCUT2D eigenvalue weighted by atomic mass is 35.5. The van der Waals surface area contributed by atoms with Gasteiger partial charge in [-0.1, -0.05) is 11.6 Å². The van der Waals surface area contributed by atoms with Crippen LogP contribution in [0, 0.1) is 12.7 Å². The van der Waals surface area contributed by atoms with E-state index in [1.54, 1.807) is 7.05 Å². The van der Waals surface area contributed by atoms with Gasteiger partial charge < -0.3 is 14.8 Å². The van der Waals surface area contributed by atoms with Crippen molar-refractivity contribution in [2.75, 3.05) is 13.7 Å². The molecule has 0 spiro atoms. The first-order valence-corrected chi connectivity index (χ1v) is 7.53. The van der Waals surface area contributed by atoms with E-state index in [0.717, 1.165) is 29.0 Å². The van der Waals surface area contributed by atoms with Crippen LogP contribution in [0.2, 0.25) is 5.02 Å². The Morgan fingerprint density at radius 3 is 2.91 bits per heavy atom.